The number of benzene rings is 4. The lowest BCUT2D eigenvalue weighted by Gasteiger charge is -2.32. The molecular weight excluding hydrogens is 1150 g/mol. The lowest BCUT2D eigenvalue weighted by atomic mass is 9.71. The molecule has 4 aromatic carbocycles. The number of hydrogen-bond acceptors (Lipinski definition) is 0. The zero-order valence-corrected chi connectivity index (χ0v) is 66.4. The Morgan fingerprint density at radius 1 is 0.263 bits per heavy atom. The summed E-state index contributed by atoms with van der Waals surface area (Å²) in [6.07, 6.45) is 17.2. The van der Waals surface area contributed by atoms with Crippen LogP contribution in [-0.4, -0.2) is 0 Å². The maximum Gasteiger partial charge on any atom is 0.212 e. The zero-order chi connectivity index (χ0) is 74.4. The third-order valence-corrected chi connectivity index (χ3v) is 22.8. The molecule has 514 valence electrons. The third-order valence-electron chi connectivity index (χ3n) is 22.8. The molecule has 0 saturated carbocycles. The van der Waals surface area contributed by atoms with E-state index in [1.54, 1.807) is 12.1 Å². The SMILES string of the molecule is CCC(C)(C)c1c[n+](C)c(-c2ccc(C)cc2C)cc1C.CCC(C)(C)c1cc(-c2ccc(C)cc2C)[n+](C)cc1C(C)(C)CC.CCC(C)(C)c1cc(-c2ccccc2C)[n+](C)cc1C(C)(C)CC.[2H]C([2H])([2H])c1ccc(-c2cc(C(C)(C)CC)c(C(C)(C)CC)c[n+]2C)c(C)c1. The maximum atomic E-state index is 7.67. The molecule has 0 N–H and O–H groups in total. The van der Waals surface area contributed by atoms with Crippen LogP contribution in [0.1, 0.15) is 278 Å². The van der Waals surface area contributed by atoms with E-state index in [0.717, 1.165) is 61.8 Å². The summed E-state index contributed by atoms with van der Waals surface area (Å²) in [5.41, 5.74) is 30.8. The first kappa shape index (κ1) is 74.3. The van der Waals surface area contributed by atoms with E-state index in [-0.39, 0.29) is 37.9 Å². The summed E-state index contributed by atoms with van der Waals surface area (Å²) in [5.74, 6) is 0. The van der Waals surface area contributed by atoms with Crippen molar-refractivity contribution in [2.75, 3.05) is 0 Å². The van der Waals surface area contributed by atoms with Crippen LogP contribution in [0.2, 0.25) is 0 Å². The maximum absolute atomic E-state index is 7.67. The molecule has 4 nitrogen and oxygen atoms in total. The van der Waals surface area contributed by atoms with E-state index in [1.807, 2.05) is 13.0 Å². The Hall–Kier alpha value is -6.52. The van der Waals surface area contributed by atoms with Crippen molar-refractivity contribution >= 4 is 0 Å². The van der Waals surface area contributed by atoms with Crippen LogP contribution in [0.3, 0.4) is 0 Å². The van der Waals surface area contributed by atoms with E-state index in [1.165, 1.54) is 106 Å². The number of hydrogen-bond donors (Lipinski definition) is 0. The summed E-state index contributed by atoms with van der Waals surface area (Å²) in [4.78, 5) is 0. The average Bonchev–Trinajstić information content (AvgIpc) is 0.774. The Balaban J connectivity index is 0.000000237. The van der Waals surface area contributed by atoms with Gasteiger partial charge in [0.25, 0.3) is 0 Å². The Bertz CT molecular complexity index is 4070. The average molecular weight is 1290 g/mol. The largest absolute Gasteiger partial charge is 0.212 e. The Morgan fingerprint density at radius 3 is 0.789 bits per heavy atom. The van der Waals surface area contributed by atoms with Crippen molar-refractivity contribution in [2.45, 2.75) is 284 Å². The molecule has 0 saturated heterocycles. The molecule has 0 aliphatic rings. The fourth-order valence-electron chi connectivity index (χ4n) is 13.1. The predicted octanol–water partition coefficient (Wildman–Crippen LogP) is 23.0. The first-order chi connectivity index (χ1) is 45.2. The molecule has 0 unspecified atom stereocenters. The second-order valence-corrected chi connectivity index (χ2v) is 32.8. The van der Waals surface area contributed by atoms with Crippen molar-refractivity contribution < 1.29 is 22.4 Å². The molecule has 0 atom stereocenters. The number of nitrogens with zero attached hydrogens (tertiary/aromatic N) is 4. The molecule has 4 aromatic heterocycles. The van der Waals surface area contributed by atoms with E-state index in [2.05, 4.69) is 343 Å². The predicted molar refractivity (Wildman–Crippen MR) is 413 cm³/mol. The minimum absolute atomic E-state index is 0.0668. The monoisotopic (exact) mass is 1290 g/mol. The fraction of sp³-hybridized carbons (Fsp3) is 0.516. The van der Waals surface area contributed by atoms with Crippen molar-refractivity contribution in [1.29, 1.82) is 0 Å². The first-order valence-corrected chi connectivity index (χ1v) is 36.1. The van der Waals surface area contributed by atoms with Gasteiger partial charge in [-0.3, -0.25) is 0 Å². The summed E-state index contributed by atoms with van der Waals surface area (Å²) in [6.45, 7) is 61.9. The number of aromatic nitrogens is 4. The molecule has 0 spiro atoms. The Labute approximate surface area is 587 Å². The highest BCUT2D eigenvalue weighted by Gasteiger charge is 2.37. The summed E-state index contributed by atoms with van der Waals surface area (Å²) in [5, 5.41) is 0. The van der Waals surface area contributed by atoms with Gasteiger partial charge < -0.3 is 0 Å². The van der Waals surface area contributed by atoms with Gasteiger partial charge in [0, 0.05) is 72.9 Å². The van der Waals surface area contributed by atoms with Crippen LogP contribution in [0.25, 0.3) is 45.0 Å². The van der Waals surface area contributed by atoms with Gasteiger partial charge in [-0.05, 0) is 207 Å². The summed E-state index contributed by atoms with van der Waals surface area (Å²) < 4.78 is 32.1. The van der Waals surface area contributed by atoms with Gasteiger partial charge in [-0.1, -0.05) is 217 Å². The van der Waals surface area contributed by atoms with Crippen LogP contribution in [0, 0.1) is 55.3 Å². The minimum atomic E-state index is -2.07. The number of aryl methyl sites for hydroxylation is 12. The molecule has 0 radical (unpaired) electrons. The Kier molecular flexibility index (Phi) is 24.5. The van der Waals surface area contributed by atoms with Crippen molar-refractivity contribution in [1.82, 2.24) is 0 Å². The lowest BCUT2D eigenvalue weighted by Crippen LogP contribution is -2.37. The molecule has 0 aliphatic carbocycles. The van der Waals surface area contributed by atoms with E-state index in [0.29, 0.717) is 5.56 Å². The van der Waals surface area contributed by atoms with Crippen LogP contribution in [0.15, 0.2) is 128 Å². The summed E-state index contributed by atoms with van der Waals surface area (Å²) >= 11 is 0. The van der Waals surface area contributed by atoms with Gasteiger partial charge in [-0.15, -0.1) is 0 Å². The van der Waals surface area contributed by atoms with Gasteiger partial charge in [-0.25, -0.2) is 18.3 Å². The van der Waals surface area contributed by atoms with Crippen molar-refractivity contribution in [2.24, 2.45) is 28.2 Å². The molecule has 8 aromatic rings. The van der Waals surface area contributed by atoms with Crippen LogP contribution < -0.4 is 18.3 Å². The van der Waals surface area contributed by atoms with Crippen molar-refractivity contribution in [3.05, 3.63) is 211 Å². The molecule has 0 aliphatic heterocycles. The molecule has 0 amide bonds. The van der Waals surface area contributed by atoms with E-state index >= 15 is 0 Å². The molecule has 0 fully saturated rings. The van der Waals surface area contributed by atoms with Gasteiger partial charge in [0.1, 0.15) is 28.2 Å². The van der Waals surface area contributed by atoms with Crippen molar-refractivity contribution in [3.63, 3.8) is 0 Å². The van der Waals surface area contributed by atoms with Crippen LogP contribution in [0.4, 0.5) is 0 Å². The van der Waals surface area contributed by atoms with Gasteiger partial charge >= 0.3 is 0 Å². The number of pyridine rings is 4. The van der Waals surface area contributed by atoms with Crippen LogP contribution >= 0.6 is 0 Å². The molecule has 95 heavy (non-hydrogen) atoms. The smallest absolute Gasteiger partial charge is 0.201 e. The van der Waals surface area contributed by atoms with Gasteiger partial charge in [0.2, 0.25) is 22.8 Å². The minimum Gasteiger partial charge on any atom is -0.201 e. The standard InChI is InChI=1S/2C24H36N.C23H34N.C20H28N/c2*1-10-23(5,6)20-15-22(19-13-12-17(3)14-18(19)4)25(9)16-21(20)24(7,8)11-2;1-9-22(4,5)19-15-21(18-14-12-11-13-17(18)3)24(8)16-20(19)23(6,7)10-2;1-8-20(5,6)18-13-21(7)19(12-16(18)4)17-10-9-14(2)11-15(17)3/h2*12-16H,10-11H2,1-9H3;11-16H,9-10H2,1-8H3;9-13H,8H2,1-7H3/q4*+1/i3D3;;;. The topological polar surface area (TPSA) is 15.5 Å². The highest BCUT2D eigenvalue weighted by atomic mass is 14.9. The summed E-state index contributed by atoms with van der Waals surface area (Å²) in [6, 6.07) is 37.2. The van der Waals surface area contributed by atoms with Crippen LogP contribution in [0.5, 0.6) is 0 Å². The van der Waals surface area contributed by atoms with Crippen molar-refractivity contribution in [3.8, 4) is 45.0 Å². The second-order valence-electron chi connectivity index (χ2n) is 32.8. The molecule has 8 rings (SSSR count). The zero-order valence-electron chi connectivity index (χ0n) is 69.4. The van der Waals surface area contributed by atoms with Crippen LogP contribution in [-0.2, 0) is 66.1 Å². The van der Waals surface area contributed by atoms with Gasteiger partial charge in [-0.2, -0.15) is 0 Å². The Morgan fingerprint density at radius 2 is 0.505 bits per heavy atom. The third kappa shape index (κ3) is 18.4. The quantitative estimate of drug-likeness (QED) is 0.0761. The second kappa shape index (κ2) is 31.3. The fourth-order valence-corrected chi connectivity index (χ4v) is 13.1. The molecule has 4 heterocycles. The highest BCUT2D eigenvalue weighted by Crippen LogP contribution is 2.43. The van der Waals surface area contributed by atoms with Gasteiger partial charge in [0.05, 0.1) is 0 Å². The highest BCUT2D eigenvalue weighted by molar-refractivity contribution is 5.66. The molecule has 4 heteroatoms. The first-order valence-electron chi connectivity index (χ1n) is 37.6. The summed E-state index contributed by atoms with van der Waals surface area (Å²) in [7, 11) is 8.61. The van der Waals surface area contributed by atoms with Gasteiger partial charge in [0.15, 0.2) is 24.8 Å². The normalized spacial score (nSPS) is 12.9. The molecular formula is C91H134N4+4. The van der Waals surface area contributed by atoms with E-state index < -0.39 is 6.85 Å². The van der Waals surface area contributed by atoms with E-state index in [4.69, 9.17) is 4.11 Å². The molecule has 0 bridgehead atoms. The van der Waals surface area contributed by atoms with E-state index in [9.17, 15) is 0 Å². The number of rotatable bonds is 18. The lowest BCUT2D eigenvalue weighted by molar-refractivity contribution is -0.661.